The summed E-state index contributed by atoms with van der Waals surface area (Å²) in [5, 5.41) is 3.46. The summed E-state index contributed by atoms with van der Waals surface area (Å²) < 4.78 is 4.98. The standard InChI is InChI=1S/C14H26N2O2/c1-14(13(17)18-3,15-11-8-9-11)10-16(2)12-6-4-5-7-12/h11-12,15H,4-10H2,1-3H3. The molecule has 0 aromatic rings. The lowest BCUT2D eigenvalue weighted by Gasteiger charge is -2.35. The molecule has 0 spiro atoms. The van der Waals surface area contributed by atoms with Crippen molar-refractivity contribution in [2.45, 2.75) is 63.1 Å². The summed E-state index contributed by atoms with van der Waals surface area (Å²) in [5.74, 6) is -0.140. The van der Waals surface area contributed by atoms with Crippen molar-refractivity contribution in [3.8, 4) is 0 Å². The molecular weight excluding hydrogens is 228 g/mol. The molecule has 0 heterocycles. The van der Waals surface area contributed by atoms with Crippen molar-refractivity contribution >= 4 is 5.97 Å². The second kappa shape index (κ2) is 5.57. The summed E-state index contributed by atoms with van der Waals surface area (Å²) in [6.07, 6.45) is 7.52. The van der Waals surface area contributed by atoms with Crippen LogP contribution >= 0.6 is 0 Å². The molecular formula is C14H26N2O2. The van der Waals surface area contributed by atoms with Gasteiger partial charge in [0.05, 0.1) is 7.11 Å². The number of likely N-dealkylation sites (N-methyl/N-ethyl adjacent to an activating group) is 1. The van der Waals surface area contributed by atoms with Gasteiger partial charge in [-0.05, 0) is 39.7 Å². The van der Waals surface area contributed by atoms with Gasteiger partial charge in [0.25, 0.3) is 0 Å². The van der Waals surface area contributed by atoms with Crippen LogP contribution in [0.25, 0.3) is 0 Å². The lowest BCUT2D eigenvalue weighted by molar-refractivity contribution is -0.149. The predicted octanol–water partition coefficient (Wildman–Crippen LogP) is 1.54. The van der Waals surface area contributed by atoms with Crippen LogP contribution in [0.5, 0.6) is 0 Å². The SMILES string of the molecule is COC(=O)C(C)(CN(C)C1CCCC1)NC1CC1. The molecule has 0 aliphatic heterocycles. The van der Waals surface area contributed by atoms with Crippen molar-refractivity contribution in [2.24, 2.45) is 0 Å². The smallest absolute Gasteiger partial charge is 0.327 e. The quantitative estimate of drug-likeness (QED) is 0.730. The van der Waals surface area contributed by atoms with Gasteiger partial charge in [0.1, 0.15) is 5.54 Å². The summed E-state index contributed by atoms with van der Waals surface area (Å²) in [7, 11) is 3.61. The molecule has 0 aromatic heterocycles. The first-order chi connectivity index (χ1) is 8.55. The molecule has 2 aliphatic rings. The van der Waals surface area contributed by atoms with Gasteiger partial charge in [-0.25, -0.2) is 0 Å². The van der Waals surface area contributed by atoms with Crippen molar-refractivity contribution in [2.75, 3.05) is 20.7 Å². The van der Waals surface area contributed by atoms with Gasteiger partial charge >= 0.3 is 5.97 Å². The van der Waals surface area contributed by atoms with E-state index >= 15 is 0 Å². The van der Waals surface area contributed by atoms with Gasteiger partial charge in [-0.1, -0.05) is 12.8 Å². The van der Waals surface area contributed by atoms with E-state index in [2.05, 4.69) is 17.3 Å². The first kappa shape index (κ1) is 13.8. The molecule has 2 aliphatic carbocycles. The largest absolute Gasteiger partial charge is 0.468 e. The number of ether oxygens (including phenoxy) is 1. The Kier molecular flexibility index (Phi) is 4.28. The van der Waals surface area contributed by atoms with Crippen molar-refractivity contribution in [1.82, 2.24) is 10.2 Å². The Bertz CT molecular complexity index is 298. The third-order valence-electron chi connectivity index (χ3n) is 4.25. The van der Waals surface area contributed by atoms with Crippen LogP contribution in [0.3, 0.4) is 0 Å². The Balaban J connectivity index is 1.96. The van der Waals surface area contributed by atoms with Crippen LogP contribution in [0.4, 0.5) is 0 Å². The van der Waals surface area contributed by atoms with Gasteiger partial charge in [-0.2, -0.15) is 0 Å². The van der Waals surface area contributed by atoms with Crippen molar-refractivity contribution in [1.29, 1.82) is 0 Å². The third kappa shape index (κ3) is 3.23. The van der Waals surface area contributed by atoms with E-state index in [1.165, 1.54) is 45.6 Å². The first-order valence-electron chi connectivity index (χ1n) is 7.11. The number of carbonyl (C=O) groups excluding carboxylic acids is 1. The molecule has 0 aromatic carbocycles. The van der Waals surface area contributed by atoms with E-state index in [0.717, 1.165) is 6.54 Å². The highest BCUT2D eigenvalue weighted by atomic mass is 16.5. The zero-order valence-corrected chi connectivity index (χ0v) is 11.9. The maximum atomic E-state index is 12.0. The molecule has 1 atom stereocenters. The predicted molar refractivity (Wildman–Crippen MR) is 71.5 cm³/mol. The second-order valence-electron chi connectivity index (χ2n) is 6.10. The molecule has 4 nitrogen and oxygen atoms in total. The van der Waals surface area contributed by atoms with Crippen LogP contribution in [-0.4, -0.2) is 49.2 Å². The van der Waals surface area contributed by atoms with Gasteiger partial charge < -0.3 is 9.64 Å². The number of carbonyl (C=O) groups is 1. The Morgan fingerprint density at radius 2 is 1.94 bits per heavy atom. The fraction of sp³-hybridized carbons (Fsp3) is 0.929. The van der Waals surface area contributed by atoms with Crippen LogP contribution in [0.2, 0.25) is 0 Å². The molecule has 0 radical (unpaired) electrons. The molecule has 0 saturated heterocycles. The van der Waals surface area contributed by atoms with E-state index in [1.54, 1.807) is 0 Å². The lowest BCUT2D eigenvalue weighted by Crippen LogP contribution is -2.58. The average Bonchev–Trinajstić information content (AvgIpc) is 2.98. The summed E-state index contributed by atoms with van der Waals surface area (Å²) >= 11 is 0. The van der Waals surface area contributed by atoms with Crippen LogP contribution in [0.15, 0.2) is 0 Å². The minimum absolute atomic E-state index is 0.140. The number of rotatable bonds is 6. The Hall–Kier alpha value is -0.610. The van der Waals surface area contributed by atoms with E-state index in [1.807, 2.05) is 6.92 Å². The maximum Gasteiger partial charge on any atom is 0.327 e. The van der Waals surface area contributed by atoms with Gasteiger partial charge in [0.2, 0.25) is 0 Å². The number of hydrogen-bond donors (Lipinski definition) is 1. The zero-order chi connectivity index (χ0) is 13.2. The highest BCUT2D eigenvalue weighted by molar-refractivity contribution is 5.80. The van der Waals surface area contributed by atoms with E-state index < -0.39 is 5.54 Å². The molecule has 104 valence electrons. The maximum absolute atomic E-state index is 12.0. The summed E-state index contributed by atoms with van der Waals surface area (Å²) in [6.45, 7) is 2.71. The third-order valence-corrected chi connectivity index (χ3v) is 4.25. The highest BCUT2D eigenvalue weighted by Gasteiger charge is 2.41. The molecule has 2 fully saturated rings. The van der Waals surface area contributed by atoms with Crippen LogP contribution in [0.1, 0.15) is 45.4 Å². The minimum atomic E-state index is -0.562. The first-order valence-corrected chi connectivity index (χ1v) is 7.11. The molecule has 18 heavy (non-hydrogen) atoms. The monoisotopic (exact) mass is 254 g/mol. The Labute approximate surface area is 110 Å². The van der Waals surface area contributed by atoms with Gasteiger partial charge in [-0.15, -0.1) is 0 Å². The number of nitrogens with zero attached hydrogens (tertiary/aromatic N) is 1. The molecule has 0 amide bonds. The number of nitrogens with one attached hydrogen (secondary N) is 1. The highest BCUT2D eigenvalue weighted by Crippen LogP contribution is 2.27. The minimum Gasteiger partial charge on any atom is -0.468 e. The summed E-state index contributed by atoms with van der Waals surface area (Å²) in [6, 6.07) is 1.14. The number of hydrogen-bond acceptors (Lipinski definition) is 4. The molecule has 4 heteroatoms. The Morgan fingerprint density at radius 1 is 1.33 bits per heavy atom. The van der Waals surface area contributed by atoms with E-state index in [-0.39, 0.29) is 5.97 Å². The summed E-state index contributed by atoms with van der Waals surface area (Å²) in [4.78, 5) is 14.4. The zero-order valence-electron chi connectivity index (χ0n) is 11.9. The van der Waals surface area contributed by atoms with Gasteiger partial charge in [-0.3, -0.25) is 10.1 Å². The fourth-order valence-electron chi connectivity index (χ4n) is 3.05. The molecule has 1 N–H and O–H groups in total. The van der Waals surface area contributed by atoms with E-state index in [0.29, 0.717) is 12.1 Å². The van der Waals surface area contributed by atoms with Crippen molar-refractivity contribution < 1.29 is 9.53 Å². The van der Waals surface area contributed by atoms with Crippen LogP contribution in [0, 0.1) is 0 Å². The summed E-state index contributed by atoms with van der Waals surface area (Å²) in [5.41, 5.74) is -0.562. The van der Waals surface area contributed by atoms with E-state index in [9.17, 15) is 4.79 Å². The second-order valence-corrected chi connectivity index (χ2v) is 6.10. The molecule has 0 bridgehead atoms. The van der Waals surface area contributed by atoms with Gasteiger partial charge in [0.15, 0.2) is 0 Å². The lowest BCUT2D eigenvalue weighted by atomic mass is 10.0. The topological polar surface area (TPSA) is 41.6 Å². The van der Waals surface area contributed by atoms with Crippen molar-refractivity contribution in [3.63, 3.8) is 0 Å². The Morgan fingerprint density at radius 3 is 2.44 bits per heavy atom. The van der Waals surface area contributed by atoms with Crippen molar-refractivity contribution in [3.05, 3.63) is 0 Å². The number of esters is 1. The molecule has 2 saturated carbocycles. The van der Waals surface area contributed by atoms with Crippen LogP contribution in [-0.2, 0) is 9.53 Å². The fourth-order valence-corrected chi connectivity index (χ4v) is 3.05. The van der Waals surface area contributed by atoms with E-state index in [4.69, 9.17) is 4.74 Å². The molecule has 2 rings (SSSR count). The van der Waals surface area contributed by atoms with Crippen LogP contribution < -0.4 is 5.32 Å². The average molecular weight is 254 g/mol. The number of methoxy groups -OCH3 is 1. The molecule has 1 unspecified atom stereocenters. The van der Waals surface area contributed by atoms with Gasteiger partial charge in [0, 0.05) is 18.6 Å². The normalized spacial score (nSPS) is 24.2.